The molecule has 1 unspecified atom stereocenters. The number of carbonyl (C=O) groups is 1. The molecular formula is C28H25NO6S2. The molecule has 0 bridgehead atoms. The van der Waals surface area contributed by atoms with Crippen LogP contribution in [0.3, 0.4) is 0 Å². The molecule has 1 aliphatic heterocycles. The maximum Gasteiger partial charge on any atom is 0.322 e. The summed E-state index contributed by atoms with van der Waals surface area (Å²) in [7, 11) is -3.82. The fraction of sp³-hybridized carbons (Fsp3) is 0.179. The predicted octanol–water partition coefficient (Wildman–Crippen LogP) is 6.15. The molecule has 0 amide bonds. The number of carboxylic acid groups (broad SMARTS) is 1. The predicted molar refractivity (Wildman–Crippen MR) is 141 cm³/mol. The van der Waals surface area contributed by atoms with Crippen molar-refractivity contribution in [1.29, 1.82) is 0 Å². The van der Waals surface area contributed by atoms with Gasteiger partial charge in [0.15, 0.2) is 0 Å². The third-order valence-corrected chi connectivity index (χ3v) is 9.74. The van der Waals surface area contributed by atoms with E-state index in [4.69, 9.17) is 9.47 Å². The van der Waals surface area contributed by atoms with Crippen molar-refractivity contribution in [2.75, 3.05) is 0 Å². The van der Waals surface area contributed by atoms with Gasteiger partial charge in [0.2, 0.25) is 0 Å². The van der Waals surface area contributed by atoms with Gasteiger partial charge in [-0.2, -0.15) is 4.31 Å². The summed E-state index contributed by atoms with van der Waals surface area (Å²) in [5.41, 5.74) is 2.52. The van der Waals surface area contributed by atoms with Crippen LogP contribution < -0.4 is 9.47 Å². The number of hydrogen-bond acceptors (Lipinski definition) is 6. The number of ether oxygens (including phenoxy) is 2. The highest BCUT2D eigenvalue weighted by Crippen LogP contribution is 2.42. The van der Waals surface area contributed by atoms with E-state index in [0.717, 1.165) is 37.6 Å². The van der Waals surface area contributed by atoms with Crippen molar-refractivity contribution in [3.8, 4) is 27.7 Å². The van der Waals surface area contributed by atoms with Gasteiger partial charge in [-0.05, 0) is 65.6 Å². The lowest BCUT2D eigenvalue weighted by Crippen LogP contribution is -2.40. The third-order valence-electron chi connectivity index (χ3n) is 6.11. The first-order chi connectivity index (χ1) is 17.8. The smallest absolute Gasteiger partial charge is 0.322 e. The van der Waals surface area contributed by atoms with Crippen LogP contribution in [0.15, 0.2) is 89.1 Å². The number of fused-ring (bicyclic) bond motifs is 1. The molecule has 1 N–H and O–H groups in total. The highest BCUT2D eigenvalue weighted by molar-refractivity contribution is 7.91. The molecule has 0 fully saturated rings. The Bertz CT molecular complexity index is 1500. The maximum absolute atomic E-state index is 13.0. The highest BCUT2D eigenvalue weighted by Gasteiger charge is 2.43. The first-order valence-electron chi connectivity index (χ1n) is 11.8. The lowest BCUT2D eigenvalue weighted by atomic mass is 10.1. The fourth-order valence-corrected chi connectivity index (χ4v) is 7.62. The van der Waals surface area contributed by atoms with E-state index in [0.29, 0.717) is 12.2 Å². The second-order valence-electron chi connectivity index (χ2n) is 8.61. The Hall–Kier alpha value is -3.66. The van der Waals surface area contributed by atoms with Crippen molar-refractivity contribution >= 4 is 27.3 Å². The molecule has 9 heteroatoms. The van der Waals surface area contributed by atoms with E-state index in [1.165, 1.54) is 11.3 Å². The van der Waals surface area contributed by atoms with Crippen LogP contribution in [0.1, 0.15) is 24.5 Å². The van der Waals surface area contributed by atoms with Gasteiger partial charge in [-0.1, -0.05) is 49.4 Å². The van der Waals surface area contributed by atoms with E-state index in [1.54, 1.807) is 6.92 Å². The maximum atomic E-state index is 13.0. The van der Waals surface area contributed by atoms with E-state index in [-0.39, 0.29) is 17.2 Å². The second kappa shape index (κ2) is 10.4. The quantitative estimate of drug-likeness (QED) is 0.276. The second-order valence-corrected chi connectivity index (χ2v) is 11.7. The lowest BCUT2D eigenvalue weighted by Gasteiger charge is -2.21. The molecule has 7 nitrogen and oxygen atoms in total. The van der Waals surface area contributed by atoms with Gasteiger partial charge in [0.25, 0.3) is 10.0 Å². The molecular weight excluding hydrogens is 510 g/mol. The Morgan fingerprint density at radius 2 is 1.62 bits per heavy atom. The number of hydrogen-bond donors (Lipinski definition) is 1. The van der Waals surface area contributed by atoms with Gasteiger partial charge >= 0.3 is 5.97 Å². The minimum absolute atomic E-state index is 0.0834. The summed E-state index contributed by atoms with van der Waals surface area (Å²) < 4.78 is 39.0. The lowest BCUT2D eigenvalue weighted by molar-refractivity contribution is -0.141. The summed E-state index contributed by atoms with van der Waals surface area (Å²) in [6.45, 7) is 2.14. The topological polar surface area (TPSA) is 93.1 Å². The van der Waals surface area contributed by atoms with E-state index in [2.05, 4.69) is 0 Å². The van der Waals surface area contributed by atoms with Crippen molar-refractivity contribution in [2.45, 2.75) is 36.7 Å². The largest absolute Gasteiger partial charge is 0.489 e. The molecule has 1 aliphatic rings. The SMILES string of the molecule is CCC(C(=O)O)N1Cc2cc(-c3ccc(COc4ccc(Oc5ccccc5)cc4)cc3)sc2S1(=O)=O. The van der Waals surface area contributed by atoms with E-state index >= 15 is 0 Å². The monoisotopic (exact) mass is 535 g/mol. The summed E-state index contributed by atoms with van der Waals surface area (Å²) in [6.07, 6.45) is 0.214. The van der Waals surface area contributed by atoms with Crippen LogP contribution in [0.4, 0.5) is 0 Å². The number of thiophene rings is 1. The minimum Gasteiger partial charge on any atom is -0.489 e. The molecule has 190 valence electrons. The average molecular weight is 536 g/mol. The molecule has 0 saturated heterocycles. The molecule has 0 saturated carbocycles. The fourth-order valence-electron chi connectivity index (χ4n) is 4.18. The minimum atomic E-state index is -3.82. The number of sulfonamides is 1. The zero-order valence-electron chi connectivity index (χ0n) is 20.0. The van der Waals surface area contributed by atoms with Gasteiger partial charge in [0.1, 0.15) is 34.1 Å². The van der Waals surface area contributed by atoms with Crippen molar-refractivity contribution in [1.82, 2.24) is 4.31 Å². The first kappa shape index (κ1) is 25.0. The Morgan fingerprint density at radius 3 is 2.24 bits per heavy atom. The van der Waals surface area contributed by atoms with Crippen LogP contribution in [0, 0.1) is 0 Å². The van der Waals surface area contributed by atoms with Crippen molar-refractivity contribution in [3.05, 3.63) is 96.1 Å². The van der Waals surface area contributed by atoms with Crippen LogP contribution in [0.2, 0.25) is 0 Å². The molecule has 3 aromatic carbocycles. The molecule has 0 spiro atoms. The van der Waals surface area contributed by atoms with Crippen LogP contribution in [0.5, 0.6) is 17.2 Å². The van der Waals surface area contributed by atoms with E-state index in [9.17, 15) is 18.3 Å². The molecule has 5 rings (SSSR count). The summed E-state index contributed by atoms with van der Waals surface area (Å²) in [5.74, 6) is 1.09. The first-order valence-corrected chi connectivity index (χ1v) is 14.0. The average Bonchev–Trinajstić information content (AvgIpc) is 3.43. The zero-order valence-corrected chi connectivity index (χ0v) is 21.7. The van der Waals surface area contributed by atoms with Gasteiger partial charge in [0, 0.05) is 11.4 Å². The van der Waals surface area contributed by atoms with Gasteiger partial charge in [-0.3, -0.25) is 4.79 Å². The molecule has 1 aromatic heterocycles. The summed E-state index contributed by atoms with van der Waals surface area (Å²) in [4.78, 5) is 12.3. The van der Waals surface area contributed by atoms with Gasteiger partial charge < -0.3 is 14.6 Å². The summed E-state index contributed by atoms with van der Waals surface area (Å²) in [6, 6.07) is 25.6. The standard InChI is InChI=1S/C28H25NO6S2/c1-2-25(27(30)31)29-17-21-16-26(36-28(21)37(29,32)33)20-10-8-19(9-11-20)18-34-22-12-14-24(15-13-22)35-23-6-4-3-5-7-23/h3-16,25H,2,17-18H2,1H3,(H,30,31). The number of rotatable bonds is 9. The number of para-hydroxylation sites is 1. The van der Waals surface area contributed by atoms with Crippen molar-refractivity contribution < 1.29 is 27.8 Å². The Balaban J connectivity index is 1.22. The highest BCUT2D eigenvalue weighted by atomic mass is 32.2. The Kier molecular flexibility index (Phi) is 7.01. The molecule has 0 aliphatic carbocycles. The molecule has 2 heterocycles. The van der Waals surface area contributed by atoms with Crippen molar-refractivity contribution in [3.63, 3.8) is 0 Å². The van der Waals surface area contributed by atoms with Crippen LogP contribution in [-0.2, 0) is 28.0 Å². The molecule has 37 heavy (non-hydrogen) atoms. The Labute approximate surface area is 219 Å². The van der Waals surface area contributed by atoms with Crippen LogP contribution in [0.25, 0.3) is 10.4 Å². The normalized spacial score (nSPS) is 15.2. The van der Waals surface area contributed by atoms with Crippen molar-refractivity contribution in [2.24, 2.45) is 0 Å². The molecule has 4 aromatic rings. The number of carboxylic acids is 1. The number of benzene rings is 3. The zero-order chi connectivity index (χ0) is 26.0. The summed E-state index contributed by atoms with van der Waals surface area (Å²) >= 11 is 1.18. The van der Waals surface area contributed by atoms with E-state index in [1.807, 2.05) is 84.9 Å². The number of nitrogens with zero attached hydrogens (tertiary/aromatic N) is 1. The van der Waals surface area contributed by atoms with Crippen LogP contribution >= 0.6 is 11.3 Å². The number of aliphatic carboxylic acids is 1. The van der Waals surface area contributed by atoms with Gasteiger partial charge in [-0.25, -0.2) is 8.42 Å². The molecule has 0 radical (unpaired) electrons. The van der Waals surface area contributed by atoms with Gasteiger partial charge in [0.05, 0.1) is 0 Å². The molecule has 1 atom stereocenters. The third kappa shape index (κ3) is 5.24. The Morgan fingerprint density at radius 1 is 0.973 bits per heavy atom. The van der Waals surface area contributed by atoms with Gasteiger partial charge in [-0.15, -0.1) is 11.3 Å². The summed E-state index contributed by atoms with van der Waals surface area (Å²) in [5, 5.41) is 9.41. The van der Waals surface area contributed by atoms with Crippen LogP contribution in [-0.4, -0.2) is 29.8 Å². The van der Waals surface area contributed by atoms with E-state index < -0.39 is 22.0 Å².